The summed E-state index contributed by atoms with van der Waals surface area (Å²) in [6.45, 7) is 3.25. The summed E-state index contributed by atoms with van der Waals surface area (Å²) in [7, 11) is -1.34. The van der Waals surface area contributed by atoms with E-state index in [1.165, 1.54) is 47.7 Å². The van der Waals surface area contributed by atoms with Crippen LogP contribution in [0.1, 0.15) is 0 Å². The maximum Gasteiger partial charge on any atom is 0 e. The molecule has 1 nitrogen and oxygen atoms in total. The van der Waals surface area contributed by atoms with Crippen LogP contribution in [0.2, 0.25) is 0 Å². The predicted molar refractivity (Wildman–Crippen MR) is 262 cm³/mol. The molecule has 0 fully saturated rings. The van der Waals surface area contributed by atoms with Crippen LogP contribution in [0.4, 0.5) is 0 Å². The van der Waals surface area contributed by atoms with E-state index < -0.39 is 23.8 Å². The van der Waals surface area contributed by atoms with Gasteiger partial charge in [0.05, 0.1) is 0 Å². The SMILES string of the molecule is [CH-]=O.[Ir].c1ccc(P(c2ccccc2)c2ccccc2)cc1.c1ccc(P(c2ccccc2)c2ccccc2)cc1.c1ccc(P(c2ccccc2)c2ccccc2)cc1. The van der Waals surface area contributed by atoms with E-state index in [-0.39, 0.29) is 20.1 Å². The first-order chi connectivity index (χ1) is 29.3. The monoisotopic (exact) mass is 1010 g/mol. The normalized spacial score (nSPS) is 10.1. The third-order valence-electron chi connectivity index (χ3n) is 9.13. The Morgan fingerprint density at radius 1 is 0.183 bits per heavy atom. The van der Waals surface area contributed by atoms with Crippen LogP contribution in [0.5, 0.6) is 0 Å². The molecule has 9 rings (SSSR count). The zero-order chi connectivity index (χ0) is 40.7. The van der Waals surface area contributed by atoms with Crippen molar-refractivity contribution in [1.82, 2.24) is 0 Å². The van der Waals surface area contributed by atoms with Gasteiger partial charge in [0.2, 0.25) is 0 Å². The molecule has 0 aliphatic rings. The molecule has 0 aromatic heterocycles. The molecule has 0 heterocycles. The fourth-order valence-electron chi connectivity index (χ4n) is 6.54. The molecule has 0 unspecified atom stereocenters. The first-order valence-corrected chi connectivity index (χ1v) is 23.5. The Kier molecular flexibility index (Phi) is 19.7. The summed E-state index contributed by atoms with van der Waals surface area (Å²) in [5, 5.41) is 12.6. The van der Waals surface area contributed by atoms with Gasteiger partial charge in [0.1, 0.15) is 0 Å². The summed E-state index contributed by atoms with van der Waals surface area (Å²) in [5.74, 6) is 0. The smallest absolute Gasteiger partial charge is 0 e. The third-order valence-corrected chi connectivity index (χ3v) is 16.5. The zero-order valence-electron chi connectivity index (χ0n) is 33.1. The average Bonchev–Trinajstić information content (AvgIpc) is 3.34. The van der Waals surface area contributed by atoms with Gasteiger partial charge >= 0.3 is 0 Å². The molecule has 0 N–H and O–H groups in total. The molecule has 0 aliphatic carbocycles. The van der Waals surface area contributed by atoms with Gasteiger partial charge in [-0.25, -0.2) is 0 Å². The Labute approximate surface area is 373 Å². The van der Waals surface area contributed by atoms with Crippen molar-refractivity contribution in [1.29, 1.82) is 0 Å². The Morgan fingerprint density at radius 2 is 0.267 bits per heavy atom. The fourth-order valence-corrected chi connectivity index (χ4v) is 13.5. The van der Waals surface area contributed by atoms with Crippen LogP contribution in [0.25, 0.3) is 0 Å². The van der Waals surface area contributed by atoms with Gasteiger partial charge in [-0.3, -0.25) is 6.79 Å². The van der Waals surface area contributed by atoms with Crippen LogP contribution in [0.15, 0.2) is 273 Å². The van der Waals surface area contributed by atoms with Crippen LogP contribution in [-0.2, 0) is 24.9 Å². The number of hydrogen-bond acceptors (Lipinski definition) is 1. The third kappa shape index (κ3) is 13.3. The summed E-state index contributed by atoms with van der Waals surface area (Å²) in [5.41, 5.74) is 0. The second kappa shape index (κ2) is 25.9. The van der Waals surface area contributed by atoms with Crippen LogP contribution in [0, 0.1) is 0 Å². The summed E-state index contributed by atoms with van der Waals surface area (Å²) >= 11 is 0. The van der Waals surface area contributed by atoms with E-state index in [0.717, 1.165) is 0 Å². The van der Waals surface area contributed by atoms with Crippen molar-refractivity contribution in [2.24, 2.45) is 0 Å². The predicted octanol–water partition coefficient (Wildman–Crippen LogP) is 10.1. The second-order valence-electron chi connectivity index (χ2n) is 13.0. The van der Waals surface area contributed by atoms with E-state index in [1.807, 2.05) is 0 Å². The van der Waals surface area contributed by atoms with E-state index in [0.29, 0.717) is 0 Å². The molecule has 0 atom stereocenters. The maximum absolute atomic E-state index is 7.75. The Balaban J connectivity index is 0.000000166. The van der Waals surface area contributed by atoms with Crippen molar-refractivity contribution in [3.63, 3.8) is 0 Å². The fraction of sp³-hybridized carbons (Fsp3) is 0. The van der Waals surface area contributed by atoms with Crippen molar-refractivity contribution in [3.05, 3.63) is 273 Å². The molecule has 9 aromatic carbocycles. The number of benzene rings is 9. The molecule has 0 spiro atoms. The van der Waals surface area contributed by atoms with E-state index in [9.17, 15) is 0 Å². The Morgan fingerprint density at radius 3 is 0.350 bits per heavy atom. The second-order valence-corrected chi connectivity index (χ2v) is 19.7. The van der Waals surface area contributed by atoms with Gasteiger partial charge in [-0.2, -0.15) is 0 Å². The average molecular weight is 1010 g/mol. The standard InChI is InChI=1S/3C18H15P.CHO.Ir/c3*1-4-10-16(11-5-1)19(17-12-6-2-7-13-17)18-14-8-3-9-15-18;1-2;/h3*1-15H;1H;/q;;;-1;. The van der Waals surface area contributed by atoms with Crippen LogP contribution >= 0.6 is 23.8 Å². The Hall–Kier alpha value is -5.41. The first kappa shape index (κ1) is 45.7. The van der Waals surface area contributed by atoms with E-state index in [1.54, 1.807) is 0 Å². The van der Waals surface area contributed by atoms with Crippen LogP contribution in [-0.4, -0.2) is 6.79 Å². The summed E-state index contributed by atoms with van der Waals surface area (Å²) < 4.78 is 0. The molecule has 1 radical (unpaired) electrons. The zero-order valence-corrected chi connectivity index (χ0v) is 38.2. The molecule has 0 aliphatic heterocycles. The Bertz CT molecular complexity index is 1890. The van der Waals surface area contributed by atoms with Gasteiger partial charge in [-0.1, -0.05) is 273 Å². The van der Waals surface area contributed by atoms with E-state index >= 15 is 0 Å². The van der Waals surface area contributed by atoms with Gasteiger partial charge < -0.3 is 4.79 Å². The quantitative estimate of drug-likeness (QED) is 0.0800. The minimum Gasteiger partial charge on any atom is -0.545 e. The molecule has 0 saturated heterocycles. The van der Waals surface area contributed by atoms with Crippen molar-refractivity contribution < 1.29 is 24.9 Å². The molecular formula is C55H46IrOP3-. The van der Waals surface area contributed by atoms with Crippen molar-refractivity contribution in [2.75, 3.05) is 0 Å². The molecule has 0 bridgehead atoms. The number of hydrogen-bond donors (Lipinski definition) is 0. The molecular weight excluding hydrogens is 962 g/mol. The number of rotatable bonds is 9. The van der Waals surface area contributed by atoms with Crippen molar-refractivity contribution in [2.45, 2.75) is 0 Å². The maximum atomic E-state index is 7.75. The minimum atomic E-state index is -0.446. The molecule has 297 valence electrons. The first-order valence-electron chi connectivity index (χ1n) is 19.4. The summed E-state index contributed by atoms with van der Waals surface area (Å²) in [6.07, 6.45) is 0. The minimum absolute atomic E-state index is 0. The van der Waals surface area contributed by atoms with Crippen molar-refractivity contribution >= 4 is 78.3 Å². The molecule has 0 saturated carbocycles. The van der Waals surface area contributed by atoms with Gasteiger partial charge in [-0.05, 0) is 71.5 Å². The van der Waals surface area contributed by atoms with Crippen LogP contribution in [0.3, 0.4) is 0 Å². The van der Waals surface area contributed by atoms with Crippen molar-refractivity contribution in [3.8, 4) is 0 Å². The largest absolute Gasteiger partial charge is 0.545 e. The van der Waals surface area contributed by atoms with E-state index in [2.05, 4.69) is 280 Å². The molecule has 60 heavy (non-hydrogen) atoms. The molecule has 5 heteroatoms. The van der Waals surface area contributed by atoms with Gasteiger partial charge in [0.25, 0.3) is 0 Å². The molecule has 0 amide bonds. The van der Waals surface area contributed by atoms with Gasteiger partial charge in [0.15, 0.2) is 0 Å². The van der Waals surface area contributed by atoms with E-state index in [4.69, 9.17) is 4.79 Å². The van der Waals surface area contributed by atoms with Gasteiger partial charge in [0, 0.05) is 20.1 Å². The summed E-state index contributed by atoms with van der Waals surface area (Å²) in [4.78, 5) is 7.75. The van der Waals surface area contributed by atoms with Gasteiger partial charge in [-0.15, -0.1) is 0 Å². The molecule has 9 aromatic rings. The van der Waals surface area contributed by atoms with Crippen LogP contribution < -0.4 is 47.7 Å². The number of carbonyl (C=O) groups excluding carboxylic acids is 1. The topological polar surface area (TPSA) is 17.1 Å². The summed E-state index contributed by atoms with van der Waals surface area (Å²) in [6, 6.07) is 97.0.